The largest absolute Gasteiger partial charge is 0.494 e. The molecule has 0 aliphatic heterocycles. The quantitative estimate of drug-likeness (QED) is 0.823. The number of carbonyl (C=O) groups is 1. The molecule has 1 N–H and O–H groups in total. The van der Waals surface area contributed by atoms with Crippen LogP contribution in [0.4, 0.5) is 5.13 Å². The predicted octanol–water partition coefficient (Wildman–Crippen LogP) is 3.82. The van der Waals surface area contributed by atoms with E-state index in [1.807, 2.05) is 18.2 Å². The fraction of sp³-hybridized carbons (Fsp3) is 0.467. The van der Waals surface area contributed by atoms with E-state index in [2.05, 4.69) is 17.2 Å². The van der Waals surface area contributed by atoms with Gasteiger partial charge < -0.3 is 10.1 Å². The zero-order valence-corrected chi connectivity index (χ0v) is 12.3. The van der Waals surface area contributed by atoms with Crippen LogP contribution < -0.4 is 10.1 Å². The summed E-state index contributed by atoms with van der Waals surface area (Å²) in [5, 5.41) is 3.58. The molecule has 2 aromatic rings. The third-order valence-corrected chi connectivity index (χ3v) is 4.24. The van der Waals surface area contributed by atoms with E-state index in [4.69, 9.17) is 4.74 Å². The Balaban J connectivity index is 1.71. The summed E-state index contributed by atoms with van der Waals surface area (Å²) in [5.41, 5.74) is 0.906. The lowest BCUT2D eigenvalue weighted by atomic mass is 10.3. The van der Waals surface area contributed by atoms with Gasteiger partial charge in [0.15, 0.2) is 5.13 Å². The number of aromatic nitrogens is 1. The number of amides is 1. The average molecular weight is 290 g/mol. The van der Waals surface area contributed by atoms with E-state index >= 15 is 0 Å². The molecule has 3 rings (SSSR count). The summed E-state index contributed by atoms with van der Waals surface area (Å²) in [4.78, 5) is 16.2. The number of hydrogen-bond acceptors (Lipinski definition) is 4. The smallest absolute Gasteiger partial charge is 0.229 e. The minimum atomic E-state index is 0.100. The summed E-state index contributed by atoms with van der Waals surface area (Å²) in [6.45, 7) is 2.89. The lowest BCUT2D eigenvalue weighted by Gasteiger charge is -2.04. The molecular formula is C15H18N2O2S. The number of nitrogens with zero attached hydrogens (tertiary/aromatic N) is 1. The Bertz CT molecular complexity index is 619. The van der Waals surface area contributed by atoms with Gasteiger partial charge in [-0.15, -0.1) is 0 Å². The number of benzene rings is 1. The van der Waals surface area contributed by atoms with E-state index in [0.29, 0.717) is 5.13 Å². The molecule has 1 aromatic carbocycles. The minimum Gasteiger partial charge on any atom is -0.494 e. The molecule has 1 fully saturated rings. The average Bonchev–Trinajstić information content (AvgIpc) is 3.20. The summed E-state index contributed by atoms with van der Waals surface area (Å²) < 4.78 is 6.73. The SMILES string of the molecule is CCCCOc1ccc2nc(NC(=O)C3CC3)sc2c1. The van der Waals surface area contributed by atoms with Gasteiger partial charge in [-0.3, -0.25) is 4.79 Å². The van der Waals surface area contributed by atoms with Crippen molar-refractivity contribution in [2.75, 3.05) is 11.9 Å². The molecule has 4 nitrogen and oxygen atoms in total. The minimum absolute atomic E-state index is 0.100. The standard InChI is InChI=1S/C15H18N2O2S/c1-2-3-8-19-11-6-7-12-13(9-11)20-15(16-12)17-14(18)10-4-5-10/h6-7,9-10H,2-5,8H2,1H3,(H,16,17,18). The van der Waals surface area contributed by atoms with Crippen LogP contribution in [-0.4, -0.2) is 17.5 Å². The number of thiazole rings is 1. The third kappa shape index (κ3) is 3.10. The van der Waals surface area contributed by atoms with E-state index in [-0.39, 0.29) is 11.8 Å². The van der Waals surface area contributed by atoms with Crippen molar-refractivity contribution in [2.45, 2.75) is 32.6 Å². The second-order valence-electron chi connectivity index (χ2n) is 5.11. The van der Waals surface area contributed by atoms with Crippen molar-refractivity contribution in [1.82, 2.24) is 4.98 Å². The molecule has 1 amide bonds. The summed E-state index contributed by atoms with van der Waals surface area (Å²) in [5.74, 6) is 1.17. The first kappa shape index (κ1) is 13.4. The van der Waals surface area contributed by atoms with Crippen LogP contribution in [0.2, 0.25) is 0 Å². The molecule has 0 radical (unpaired) electrons. The van der Waals surface area contributed by atoms with Crippen molar-refractivity contribution in [3.63, 3.8) is 0 Å². The van der Waals surface area contributed by atoms with Gasteiger partial charge in [0.1, 0.15) is 5.75 Å². The van der Waals surface area contributed by atoms with Crippen LogP contribution >= 0.6 is 11.3 Å². The maximum atomic E-state index is 11.7. The fourth-order valence-corrected chi connectivity index (χ4v) is 2.83. The van der Waals surface area contributed by atoms with Crippen molar-refractivity contribution >= 4 is 32.6 Å². The van der Waals surface area contributed by atoms with Crippen molar-refractivity contribution < 1.29 is 9.53 Å². The number of ether oxygens (including phenoxy) is 1. The molecule has 1 heterocycles. The Labute approximate surface area is 122 Å². The molecule has 0 spiro atoms. The molecule has 106 valence electrons. The van der Waals surface area contributed by atoms with Crippen LogP contribution in [-0.2, 0) is 4.79 Å². The van der Waals surface area contributed by atoms with E-state index in [9.17, 15) is 4.79 Å². The van der Waals surface area contributed by atoms with Crippen molar-refractivity contribution in [3.8, 4) is 5.75 Å². The number of nitrogens with one attached hydrogen (secondary N) is 1. The van der Waals surface area contributed by atoms with E-state index in [0.717, 1.165) is 48.3 Å². The lowest BCUT2D eigenvalue weighted by Crippen LogP contribution is -2.12. The summed E-state index contributed by atoms with van der Waals surface area (Å²) >= 11 is 1.50. The molecule has 1 saturated carbocycles. The number of rotatable bonds is 6. The molecule has 20 heavy (non-hydrogen) atoms. The first-order valence-electron chi connectivity index (χ1n) is 7.10. The van der Waals surface area contributed by atoms with Crippen LogP contribution in [0.3, 0.4) is 0 Å². The monoisotopic (exact) mass is 290 g/mol. The maximum Gasteiger partial charge on any atom is 0.229 e. The number of carbonyl (C=O) groups excluding carboxylic acids is 1. The van der Waals surface area contributed by atoms with Crippen molar-refractivity contribution in [2.24, 2.45) is 5.92 Å². The lowest BCUT2D eigenvalue weighted by molar-refractivity contribution is -0.117. The first-order chi connectivity index (χ1) is 9.76. The molecule has 0 unspecified atom stereocenters. The van der Waals surface area contributed by atoms with Gasteiger partial charge >= 0.3 is 0 Å². The summed E-state index contributed by atoms with van der Waals surface area (Å²) in [6, 6.07) is 5.87. The second-order valence-corrected chi connectivity index (χ2v) is 6.14. The fourth-order valence-electron chi connectivity index (χ4n) is 1.94. The van der Waals surface area contributed by atoms with Gasteiger partial charge in [-0.2, -0.15) is 0 Å². The van der Waals surface area contributed by atoms with Crippen LogP contribution in [0, 0.1) is 5.92 Å². The van der Waals surface area contributed by atoms with E-state index in [1.165, 1.54) is 11.3 Å². The van der Waals surface area contributed by atoms with Gasteiger partial charge in [0.2, 0.25) is 5.91 Å². The zero-order valence-electron chi connectivity index (χ0n) is 11.5. The number of unbranched alkanes of at least 4 members (excludes halogenated alkanes) is 1. The van der Waals surface area contributed by atoms with Crippen molar-refractivity contribution in [3.05, 3.63) is 18.2 Å². The molecule has 1 aliphatic carbocycles. The van der Waals surface area contributed by atoms with Gasteiger partial charge in [0, 0.05) is 5.92 Å². The van der Waals surface area contributed by atoms with Gasteiger partial charge in [0.25, 0.3) is 0 Å². The van der Waals surface area contributed by atoms with Gasteiger partial charge in [-0.1, -0.05) is 24.7 Å². The van der Waals surface area contributed by atoms with E-state index < -0.39 is 0 Å². The Morgan fingerprint density at radius 1 is 1.50 bits per heavy atom. The number of anilines is 1. The molecule has 1 aromatic heterocycles. The highest BCUT2D eigenvalue weighted by molar-refractivity contribution is 7.22. The third-order valence-electron chi connectivity index (χ3n) is 3.30. The van der Waals surface area contributed by atoms with Gasteiger partial charge in [0.05, 0.1) is 16.8 Å². The summed E-state index contributed by atoms with van der Waals surface area (Å²) in [7, 11) is 0. The molecule has 0 atom stereocenters. The normalized spacial score (nSPS) is 14.4. The molecule has 5 heteroatoms. The zero-order chi connectivity index (χ0) is 13.9. The van der Waals surface area contributed by atoms with E-state index in [1.54, 1.807) is 0 Å². The Kier molecular flexibility index (Phi) is 3.87. The highest BCUT2D eigenvalue weighted by atomic mass is 32.1. The Morgan fingerprint density at radius 2 is 2.35 bits per heavy atom. The highest BCUT2D eigenvalue weighted by Gasteiger charge is 2.30. The Hall–Kier alpha value is -1.62. The Morgan fingerprint density at radius 3 is 3.10 bits per heavy atom. The van der Waals surface area contributed by atoms with Crippen LogP contribution in [0.1, 0.15) is 32.6 Å². The second kappa shape index (κ2) is 5.79. The molecule has 0 saturated heterocycles. The molecule has 1 aliphatic rings. The highest BCUT2D eigenvalue weighted by Crippen LogP contribution is 2.33. The summed E-state index contributed by atoms with van der Waals surface area (Å²) in [6.07, 6.45) is 4.20. The molecule has 0 bridgehead atoms. The van der Waals surface area contributed by atoms with Gasteiger partial charge in [-0.05, 0) is 37.5 Å². The van der Waals surface area contributed by atoms with Crippen LogP contribution in [0.15, 0.2) is 18.2 Å². The first-order valence-corrected chi connectivity index (χ1v) is 7.92. The maximum absolute atomic E-state index is 11.7. The van der Waals surface area contributed by atoms with Crippen LogP contribution in [0.25, 0.3) is 10.2 Å². The number of hydrogen-bond donors (Lipinski definition) is 1. The van der Waals surface area contributed by atoms with Crippen LogP contribution in [0.5, 0.6) is 5.75 Å². The molecular weight excluding hydrogens is 272 g/mol. The number of fused-ring (bicyclic) bond motifs is 1. The topological polar surface area (TPSA) is 51.2 Å². The van der Waals surface area contributed by atoms with Gasteiger partial charge in [-0.25, -0.2) is 4.98 Å². The predicted molar refractivity (Wildman–Crippen MR) is 81.4 cm³/mol. The van der Waals surface area contributed by atoms with Crippen molar-refractivity contribution in [1.29, 1.82) is 0 Å².